The van der Waals surface area contributed by atoms with E-state index >= 15 is 0 Å². The first-order valence-electron chi connectivity index (χ1n) is 12.5. The molecule has 0 aliphatic carbocycles. The zero-order valence-corrected chi connectivity index (χ0v) is 22.8. The van der Waals surface area contributed by atoms with Crippen LogP contribution in [0.3, 0.4) is 0 Å². The fourth-order valence-electron chi connectivity index (χ4n) is 3.98. The van der Waals surface area contributed by atoms with E-state index in [0.717, 1.165) is 5.56 Å². The van der Waals surface area contributed by atoms with Crippen LogP contribution in [-0.4, -0.2) is 81.5 Å². The third kappa shape index (κ3) is 7.01. The summed E-state index contributed by atoms with van der Waals surface area (Å²) in [5.41, 5.74) is 8.67. The molecule has 1 atom stereocenters. The zero-order chi connectivity index (χ0) is 27.8. The smallest absolute Gasteiger partial charge is 0.242 e. The molecule has 12 nitrogen and oxygen atoms in total. The second-order valence-electron chi connectivity index (χ2n) is 8.82. The first kappa shape index (κ1) is 28.7. The number of nitrogens with zero attached hydrogens (tertiary/aromatic N) is 3. The van der Waals surface area contributed by atoms with E-state index in [0.29, 0.717) is 49.1 Å². The van der Waals surface area contributed by atoms with Crippen molar-refractivity contribution < 1.29 is 27.7 Å². The molecule has 2 aromatic carbocycles. The molecular formula is C26H34N6O6S. The molecule has 4 bridgehead atoms. The topological polar surface area (TPSA) is 161 Å². The Morgan fingerprint density at radius 1 is 1.10 bits per heavy atom. The van der Waals surface area contributed by atoms with Crippen LogP contribution in [0.5, 0.6) is 5.75 Å². The number of anilines is 2. The van der Waals surface area contributed by atoms with Gasteiger partial charge in [-0.1, -0.05) is 24.3 Å². The Bertz CT molecular complexity index is 1360. The molecule has 3 aromatic rings. The van der Waals surface area contributed by atoms with Gasteiger partial charge in [0.1, 0.15) is 23.9 Å². The Kier molecular flexibility index (Phi) is 9.67. The number of ether oxygens (including phenoxy) is 3. The first-order valence-corrected chi connectivity index (χ1v) is 13.9. The van der Waals surface area contributed by atoms with E-state index in [9.17, 15) is 13.5 Å². The van der Waals surface area contributed by atoms with Gasteiger partial charge in [-0.3, -0.25) is 0 Å². The number of benzene rings is 2. The number of aliphatic hydroxyl groups is 1. The van der Waals surface area contributed by atoms with Gasteiger partial charge in [0.05, 0.1) is 48.9 Å². The number of likely N-dealkylation sites (N-methyl/N-ethyl adjacent to an activating group) is 1. The molecule has 2 aliphatic heterocycles. The lowest BCUT2D eigenvalue weighted by Crippen LogP contribution is -2.30. The summed E-state index contributed by atoms with van der Waals surface area (Å²) in [6.07, 6.45) is 0.170. The molecule has 39 heavy (non-hydrogen) atoms. The standard InChI is InChI=1S/C26H34N6O6S/c1-28-16-19-4-3-5-21-24(19)38-15-14-37-13-12-36-11-10-32(2)39(34,35)20-8-6-18(7-9-20)22-17-29-25(27)23(30-22)26(33)31-21/h3-9,17,26,28,31,33H,10-16H2,1-2H3,(H2,27,29). The van der Waals surface area contributed by atoms with Gasteiger partial charge in [0, 0.05) is 31.3 Å². The van der Waals surface area contributed by atoms with Gasteiger partial charge in [-0.05, 0) is 25.2 Å². The Hall–Kier alpha value is -3.33. The maximum Gasteiger partial charge on any atom is 0.242 e. The Labute approximate surface area is 228 Å². The highest BCUT2D eigenvalue weighted by Gasteiger charge is 2.22. The van der Waals surface area contributed by atoms with Gasteiger partial charge < -0.3 is 35.7 Å². The summed E-state index contributed by atoms with van der Waals surface area (Å²) in [5, 5.41) is 17.2. The molecule has 210 valence electrons. The fourth-order valence-corrected chi connectivity index (χ4v) is 5.14. The van der Waals surface area contributed by atoms with E-state index in [1.54, 1.807) is 18.2 Å². The van der Waals surface area contributed by atoms with Crippen LogP contribution in [0.1, 0.15) is 17.5 Å². The molecule has 0 spiro atoms. The number of aliphatic hydroxyl groups excluding tert-OH is 1. The molecule has 0 saturated carbocycles. The van der Waals surface area contributed by atoms with Crippen molar-refractivity contribution in [2.24, 2.45) is 0 Å². The van der Waals surface area contributed by atoms with Crippen LogP contribution in [0, 0.1) is 0 Å². The molecule has 13 heteroatoms. The number of sulfonamides is 1. The maximum absolute atomic E-state index is 13.0. The number of nitrogen functional groups attached to an aromatic ring is 1. The van der Waals surface area contributed by atoms with Crippen molar-refractivity contribution in [2.45, 2.75) is 17.7 Å². The number of hydrogen-bond acceptors (Lipinski definition) is 11. The Morgan fingerprint density at radius 3 is 2.56 bits per heavy atom. The molecule has 5 N–H and O–H groups in total. The van der Waals surface area contributed by atoms with Crippen LogP contribution in [0.2, 0.25) is 0 Å². The van der Waals surface area contributed by atoms with Crippen molar-refractivity contribution in [2.75, 3.05) is 64.7 Å². The van der Waals surface area contributed by atoms with Gasteiger partial charge in [-0.2, -0.15) is 4.31 Å². The second kappa shape index (κ2) is 13.2. The van der Waals surface area contributed by atoms with E-state index in [1.807, 2.05) is 19.2 Å². The SMILES string of the molecule is CNCc1cccc2c1OCCOCCOCCN(C)S(=O)(=O)c1ccc(cc1)-c1cnc(N)c(n1)C(O)N2. The lowest BCUT2D eigenvalue weighted by atomic mass is 10.1. The van der Waals surface area contributed by atoms with Crippen molar-refractivity contribution in [1.29, 1.82) is 0 Å². The third-order valence-electron chi connectivity index (χ3n) is 6.10. The van der Waals surface area contributed by atoms with E-state index in [4.69, 9.17) is 19.9 Å². The molecule has 0 radical (unpaired) electrons. The number of nitrogens with two attached hydrogens (primary N) is 1. The molecule has 5 rings (SSSR count). The number of hydrogen-bond donors (Lipinski definition) is 4. The number of aromatic nitrogens is 2. The summed E-state index contributed by atoms with van der Waals surface area (Å²) in [6, 6.07) is 11.8. The predicted molar refractivity (Wildman–Crippen MR) is 147 cm³/mol. The van der Waals surface area contributed by atoms with Crippen LogP contribution in [0.15, 0.2) is 53.6 Å². The summed E-state index contributed by atoms with van der Waals surface area (Å²) < 4.78 is 44.4. The van der Waals surface area contributed by atoms with Gasteiger partial charge in [0.2, 0.25) is 10.0 Å². The molecule has 0 fully saturated rings. The molecule has 3 heterocycles. The van der Waals surface area contributed by atoms with Crippen LogP contribution in [0.25, 0.3) is 11.3 Å². The molecular weight excluding hydrogens is 524 g/mol. The maximum atomic E-state index is 13.0. The third-order valence-corrected chi connectivity index (χ3v) is 7.97. The van der Waals surface area contributed by atoms with Crippen LogP contribution in [0.4, 0.5) is 11.5 Å². The zero-order valence-electron chi connectivity index (χ0n) is 22.0. The monoisotopic (exact) mass is 558 g/mol. The second-order valence-corrected chi connectivity index (χ2v) is 10.9. The minimum absolute atomic E-state index is 0.0542. The number of rotatable bonds is 2. The highest BCUT2D eigenvalue weighted by atomic mass is 32.2. The van der Waals surface area contributed by atoms with Gasteiger partial charge in [0.25, 0.3) is 0 Å². The minimum Gasteiger partial charge on any atom is -0.489 e. The van der Waals surface area contributed by atoms with E-state index in [1.165, 1.54) is 29.7 Å². The average molecular weight is 559 g/mol. The lowest BCUT2D eigenvalue weighted by molar-refractivity contribution is 0.0346. The predicted octanol–water partition coefficient (Wildman–Crippen LogP) is 1.59. The normalized spacial score (nSPS) is 19.1. The minimum atomic E-state index is -3.71. The summed E-state index contributed by atoms with van der Waals surface area (Å²) in [4.78, 5) is 8.87. The average Bonchev–Trinajstić information content (AvgIpc) is 2.93. The molecule has 2 aliphatic rings. The van der Waals surface area contributed by atoms with E-state index < -0.39 is 16.3 Å². The molecule has 0 saturated heterocycles. The Balaban J connectivity index is 1.68. The fraction of sp³-hybridized carbons (Fsp3) is 0.385. The highest BCUT2D eigenvalue weighted by molar-refractivity contribution is 7.89. The van der Waals surface area contributed by atoms with Crippen molar-refractivity contribution >= 4 is 21.5 Å². The summed E-state index contributed by atoms with van der Waals surface area (Å²) in [6.45, 7) is 2.19. The molecule has 0 amide bonds. The van der Waals surface area contributed by atoms with Crippen molar-refractivity contribution in [3.63, 3.8) is 0 Å². The lowest BCUT2D eigenvalue weighted by Gasteiger charge is -2.21. The molecule has 1 unspecified atom stereocenters. The Morgan fingerprint density at radius 2 is 1.82 bits per heavy atom. The number of para-hydroxylation sites is 1. The van der Waals surface area contributed by atoms with Crippen molar-refractivity contribution in [3.8, 4) is 17.0 Å². The number of fused-ring (bicyclic) bond motifs is 13. The van der Waals surface area contributed by atoms with Gasteiger partial charge >= 0.3 is 0 Å². The summed E-state index contributed by atoms with van der Waals surface area (Å²) >= 11 is 0. The molecule has 1 aromatic heterocycles. The van der Waals surface area contributed by atoms with Crippen LogP contribution < -0.4 is 21.1 Å². The van der Waals surface area contributed by atoms with Gasteiger partial charge in [0.15, 0.2) is 6.23 Å². The van der Waals surface area contributed by atoms with Gasteiger partial charge in [-0.25, -0.2) is 18.4 Å². The first-order chi connectivity index (χ1) is 18.8. The van der Waals surface area contributed by atoms with Crippen molar-refractivity contribution in [3.05, 3.63) is 59.9 Å². The number of nitrogens with one attached hydrogen (secondary N) is 2. The van der Waals surface area contributed by atoms with Crippen molar-refractivity contribution in [1.82, 2.24) is 19.6 Å². The highest BCUT2D eigenvalue weighted by Crippen LogP contribution is 2.32. The van der Waals surface area contributed by atoms with E-state index in [2.05, 4.69) is 20.6 Å². The van der Waals surface area contributed by atoms with Crippen LogP contribution >= 0.6 is 0 Å². The van der Waals surface area contributed by atoms with E-state index in [-0.39, 0.29) is 36.2 Å². The largest absolute Gasteiger partial charge is 0.489 e. The summed E-state index contributed by atoms with van der Waals surface area (Å²) in [7, 11) is -0.368. The van der Waals surface area contributed by atoms with Gasteiger partial charge in [-0.15, -0.1) is 0 Å². The quantitative estimate of drug-likeness (QED) is 0.338. The van der Waals surface area contributed by atoms with Crippen LogP contribution in [-0.2, 0) is 26.0 Å². The summed E-state index contributed by atoms with van der Waals surface area (Å²) in [5.74, 6) is 0.619.